The highest BCUT2D eigenvalue weighted by atomic mass is 32.4. The minimum atomic E-state index is -0.0632. The van der Waals surface area contributed by atoms with Crippen LogP contribution in [0, 0.1) is 0 Å². The molecule has 0 heterocycles. The summed E-state index contributed by atoms with van der Waals surface area (Å²) in [6.07, 6.45) is 0.656. The van der Waals surface area contributed by atoms with Crippen molar-refractivity contribution in [2.45, 2.75) is 13.3 Å². The van der Waals surface area contributed by atoms with Crippen LogP contribution in [0.2, 0.25) is 0 Å². The van der Waals surface area contributed by atoms with Crippen LogP contribution < -0.4 is 0 Å². The van der Waals surface area contributed by atoms with Crippen LogP contribution in [0.3, 0.4) is 0 Å². The SMILES string of the molecule is CCC(=O)SCP(P)P. The molecule has 54 valence electrons. The van der Waals surface area contributed by atoms with Crippen molar-refractivity contribution < 1.29 is 4.79 Å². The topological polar surface area (TPSA) is 17.1 Å². The molecule has 0 aliphatic rings. The maximum atomic E-state index is 10.7. The second-order valence-corrected chi connectivity index (χ2v) is 10.1. The van der Waals surface area contributed by atoms with Crippen molar-refractivity contribution in [3.05, 3.63) is 0 Å². The molecule has 0 bridgehead atoms. The molecule has 0 rings (SSSR count). The molecule has 0 aromatic rings. The largest absolute Gasteiger partial charge is 0.287 e. The Kier molecular flexibility index (Phi) is 6.93. The molecule has 1 nitrogen and oxygen atoms in total. The van der Waals surface area contributed by atoms with E-state index in [9.17, 15) is 4.79 Å². The quantitative estimate of drug-likeness (QED) is 0.651. The van der Waals surface area contributed by atoms with Gasteiger partial charge in [0.15, 0.2) is 5.12 Å². The molecule has 0 saturated heterocycles. The zero-order chi connectivity index (χ0) is 7.28. The molecule has 0 aromatic carbocycles. The van der Waals surface area contributed by atoms with Crippen LogP contribution in [0.1, 0.15) is 13.3 Å². The average molecular weight is 200 g/mol. The van der Waals surface area contributed by atoms with E-state index >= 15 is 0 Å². The highest BCUT2D eigenvalue weighted by molar-refractivity contribution is 8.47. The van der Waals surface area contributed by atoms with Crippen molar-refractivity contribution in [2.24, 2.45) is 0 Å². The van der Waals surface area contributed by atoms with Crippen LogP contribution in [0.5, 0.6) is 0 Å². The van der Waals surface area contributed by atoms with E-state index in [2.05, 4.69) is 17.9 Å². The van der Waals surface area contributed by atoms with Crippen LogP contribution in [-0.2, 0) is 4.79 Å². The molecule has 5 heteroatoms. The van der Waals surface area contributed by atoms with Gasteiger partial charge >= 0.3 is 0 Å². The van der Waals surface area contributed by atoms with E-state index in [4.69, 9.17) is 0 Å². The van der Waals surface area contributed by atoms with E-state index in [-0.39, 0.29) is 7.30 Å². The van der Waals surface area contributed by atoms with Gasteiger partial charge in [0.2, 0.25) is 0 Å². The lowest BCUT2D eigenvalue weighted by Gasteiger charge is -2.00. The van der Waals surface area contributed by atoms with Gasteiger partial charge in [0.05, 0.1) is 0 Å². The first-order chi connectivity index (χ1) is 4.16. The average Bonchev–Trinajstić information content (AvgIpc) is 1.83. The molecule has 0 aliphatic heterocycles. The van der Waals surface area contributed by atoms with Gasteiger partial charge in [-0.25, -0.2) is 0 Å². The number of hydrogen-bond donors (Lipinski definition) is 0. The van der Waals surface area contributed by atoms with Gasteiger partial charge < -0.3 is 0 Å². The summed E-state index contributed by atoms with van der Waals surface area (Å²) in [4.78, 5) is 10.7. The van der Waals surface area contributed by atoms with Crippen LogP contribution in [-0.4, -0.2) is 10.6 Å². The van der Waals surface area contributed by atoms with Gasteiger partial charge in [-0.15, -0.1) is 17.9 Å². The molecule has 0 fully saturated rings. The molecule has 0 N–H and O–H groups in total. The van der Waals surface area contributed by atoms with Gasteiger partial charge in [-0.3, -0.25) is 4.79 Å². The van der Waals surface area contributed by atoms with Crippen molar-refractivity contribution in [3.63, 3.8) is 0 Å². The predicted molar refractivity (Wildman–Crippen MR) is 54.1 cm³/mol. The van der Waals surface area contributed by atoms with Gasteiger partial charge in [-0.2, -0.15) is 0 Å². The fraction of sp³-hybridized carbons (Fsp3) is 0.750. The van der Waals surface area contributed by atoms with Gasteiger partial charge in [-0.05, 0) is 0 Å². The number of rotatable bonds is 3. The first-order valence-electron chi connectivity index (χ1n) is 2.59. The van der Waals surface area contributed by atoms with Gasteiger partial charge in [0.25, 0.3) is 0 Å². The maximum absolute atomic E-state index is 10.7. The molecule has 0 amide bonds. The Morgan fingerprint density at radius 1 is 1.67 bits per heavy atom. The molecule has 2 atom stereocenters. The van der Waals surface area contributed by atoms with E-state index in [0.29, 0.717) is 11.5 Å². The lowest BCUT2D eigenvalue weighted by Crippen LogP contribution is -1.85. The van der Waals surface area contributed by atoms with Crippen LogP contribution >= 0.6 is 36.9 Å². The second-order valence-electron chi connectivity index (χ2n) is 1.51. The molecule has 0 aromatic heterocycles. The first kappa shape index (κ1) is 10.3. The zero-order valence-corrected chi connectivity index (χ0v) is 9.35. The Hall–Kier alpha value is 1.31. The van der Waals surface area contributed by atoms with E-state index in [1.54, 1.807) is 0 Å². The molecule has 0 radical (unpaired) electrons. The fourth-order valence-electron chi connectivity index (χ4n) is 0.249. The lowest BCUT2D eigenvalue weighted by atomic mass is 10.6. The molecule has 2 unspecified atom stereocenters. The maximum Gasteiger partial charge on any atom is 0.189 e. The zero-order valence-electron chi connectivity index (χ0n) is 5.33. The molecule has 0 spiro atoms. The van der Waals surface area contributed by atoms with E-state index < -0.39 is 0 Å². The van der Waals surface area contributed by atoms with Crippen molar-refractivity contribution in [1.82, 2.24) is 0 Å². The Balaban J connectivity index is 3.17. The van der Waals surface area contributed by atoms with Gasteiger partial charge in [0, 0.05) is 11.9 Å². The molecule has 0 saturated carbocycles. The summed E-state index contributed by atoms with van der Waals surface area (Å²) in [5.41, 5.74) is 0.956. The summed E-state index contributed by atoms with van der Waals surface area (Å²) in [6, 6.07) is 0. The normalized spacial score (nSPS) is 10.2. The minimum Gasteiger partial charge on any atom is -0.287 e. The summed E-state index contributed by atoms with van der Waals surface area (Å²) in [5.74, 6) is 0. The van der Waals surface area contributed by atoms with Gasteiger partial charge in [0.1, 0.15) is 0 Å². The summed E-state index contributed by atoms with van der Waals surface area (Å²) < 4.78 is 0. The van der Waals surface area contributed by atoms with Crippen molar-refractivity contribution >= 4 is 42.0 Å². The van der Waals surface area contributed by atoms with Crippen LogP contribution in [0.4, 0.5) is 0 Å². The van der Waals surface area contributed by atoms with Crippen LogP contribution in [0.15, 0.2) is 0 Å². The smallest absolute Gasteiger partial charge is 0.189 e. The summed E-state index contributed by atoms with van der Waals surface area (Å²) in [5, 5.41) is 0.299. The number of thioether (sulfide) groups is 1. The second kappa shape index (κ2) is 6.05. The summed E-state index contributed by atoms with van der Waals surface area (Å²) in [6.45, 7) is 1.89. The summed E-state index contributed by atoms with van der Waals surface area (Å²) >= 11 is 1.43. The molecular weight excluding hydrogens is 189 g/mol. The van der Waals surface area contributed by atoms with E-state index in [0.717, 1.165) is 5.49 Å². The molecular formula is C4H11OP3S. The predicted octanol–water partition coefficient (Wildman–Crippen LogP) is 2.68. The monoisotopic (exact) mass is 200 g/mol. The third-order valence-electron chi connectivity index (χ3n) is 0.663. The number of hydrogen-bond acceptors (Lipinski definition) is 2. The Labute approximate surface area is 66.1 Å². The van der Waals surface area contributed by atoms with Crippen LogP contribution in [0.25, 0.3) is 0 Å². The van der Waals surface area contributed by atoms with E-state index in [1.807, 2.05) is 6.92 Å². The standard InChI is InChI=1S/C4H11OP3S/c1-2-4(5)9-3-8(6)7/h2-3,6-7H2,1H3. The lowest BCUT2D eigenvalue weighted by molar-refractivity contribution is -0.110. The minimum absolute atomic E-state index is 0.0632. The highest BCUT2D eigenvalue weighted by Crippen LogP contribution is 2.54. The first-order valence-corrected chi connectivity index (χ1v) is 8.34. The number of carbonyl (C=O) groups excluding carboxylic acids is 1. The molecule has 9 heavy (non-hydrogen) atoms. The Bertz CT molecular complexity index is 95.8. The highest BCUT2D eigenvalue weighted by Gasteiger charge is 1.99. The van der Waals surface area contributed by atoms with Gasteiger partial charge in [-0.1, -0.05) is 26.0 Å². The van der Waals surface area contributed by atoms with E-state index in [1.165, 1.54) is 11.8 Å². The Morgan fingerprint density at radius 2 is 2.22 bits per heavy atom. The third kappa shape index (κ3) is 7.20. The van der Waals surface area contributed by atoms with Crippen molar-refractivity contribution in [2.75, 3.05) is 5.49 Å². The third-order valence-corrected chi connectivity index (χ3v) is 5.67. The fourth-order valence-corrected chi connectivity index (χ4v) is 2.97. The summed E-state index contributed by atoms with van der Waals surface area (Å²) in [7, 11) is 5.33. The molecule has 0 aliphatic carbocycles. The van der Waals surface area contributed by atoms with Crippen molar-refractivity contribution in [3.8, 4) is 0 Å². The number of carbonyl (C=O) groups is 1. The van der Waals surface area contributed by atoms with Crippen molar-refractivity contribution in [1.29, 1.82) is 0 Å². The Morgan fingerprint density at radius 3 is 2.56 bits per heavy atom.